The molecule has 0 saturated carbocycles. The maximum Gasteiger partial charge on any atom is 0.122 e. The maximum absolute atomic E-state index is 5.70. The van der Waals surface area contributed by atoms with Gasteiger partial charge in [-0.05, 0) is 49.4 Å². The van der Waals surface area contributed by atoms with Crippen molar-refractivity contribution in [3.63, 3.8) is 0 Å². The molecular formula is C17H27NO. The van der Waals surface area contributed by atoms with Crippen LogP contribution in [0.5, 0.6) is 5.75 Å². The summed E-state index contributed by atoms with van der Waals surface area (Å²) in [5.74, 6) is 1.10. The highest BCUT2D eigenvalue weighted by Crippen LogP contribution is 2.29. The SMILES string of the molecule is CCCCC(NCCC)c1ccc2c(c1)CCCO2. The summed E-state index contributed by atoms with van der Waals surface area (Å²) in [5, 5.41) is 3.69. The molecule has 1 aromatic carbocycles. The molecule has 1 aromatic rings. The molecule has 1 atom stereocenters. The zero-order chi connectivity index (χ0) is 13.5. The van der Waals surface area contributed by atoms with Crippen LogP contribution in [0.1, 0.15) is 63.1 Å². The highest BCUT2D eigenvalue weighted by atomic mass is 16.5. The first-order chi connectivity index (χ1) is 9.35. The van der Waals surface area contributed by atoms with Gasteiger partial charge in [-0.15, -0.1) is 0 Å². The summed E-state index contributed by atoms with van der Waals surface area (Å²) < 4.78 is 5.70. The van der Waals surface area contributed by atoms with E-state index in [1.165, 1.54) is 36.8 Å². The Morgan fingerprint density at radius 2 is 2.16 bits per heavy atom. The second-order valence-corrected chi connectivity index (χ2v) is 5.47. The van der Waals surface area contributed by atoms with Gasteiger partial charge in [-0.25, -0.2) is 0 Å². The molecule has 106 valence electrons. The highest BCUT2D eigenvalue weighted by Gasteiger charge is 2.15. The second-order valence-electron chi connectivity index (χ2n) is 5.47. The standard InChI is InChI=1S/C17H27NO/c1-3-5-8-16(18-11-4-2)14-9-10-17-15(13-14)7-6-12-19-17/h9-10,13,16,18H,3-8,11-12H2,1-2H3. The number of nitrogens with one attached hydrogen (secondary N) is 1. The lowest BCUT2D eigenvalue weighted by Crippen LogP contribution is -2.22. The van der Waals surface area contributed by atoms with Gasteiger partial charge in [0.05, 0.1) is 6.61 Å². The molecule has 0 aromatic heterocycles. The zero-order valence-electron chi connectivity index (χ0n) is 12.4. The topological polar surface area (TPSA) is 21.3 Å². The van der Waals surface area contributed by atoms with Crippen molar-refractivity contribution in [1.29, 1.82) is 0 Å². The number of benzene rings is 1. The van der Waals surface area contributed by atoms with E-state index >= 15 is 0 Å². The van der Waals surface area contributed by atoms with E-state index in [0.29, 0.717) is 6.04 Å². The average Bonchev–Trinajstić information content (AvgIpc) is 2.47. The molecular weight excluding hydrogens is 234 g/mol. The molecule has 2 nitrogen and oxygen atoms in total. The number of hydrogen-bond donors (Lipinski definition) is 1. The van der Waals surface area contributed by atoms with Crippen molar-refractivity contribution in [3.05, 3.63) is 29.3 Å². The third-order valence-corrected chi connectivity index (χ3v) is 3.82. The predicted molar refractivity (Wildman–Crippen MR) is 80.8 cm³/mol. The first-order valence-corrected chi connectivity index (χ1v) is 7.84. The van der Waals surface area contributed by atoms with E-state index in [1.807, 2.05) is 0 Å². The second kappa shape index (κ2) is 7.54. The third kappa shape index (κ3) is 3.97. The summed E-state index contributed by atoms with van der Waals surface area (Å²) in [4.78, 5) is 0. The van der Waals surface area contributed by atoms with Gasteiger partial charge in [0.1, 0.15) is 5.75 Å². The van der Waals surface area contributed by atoms with E-state index in [4.69, 9.17) is 4.74 Å². The molecule has 1 heterocycles. The van der Waals surface area contributed by atoms with Crippen LogP contribution in [-0.2, 0) is 6.42 Å². The molecule has 0 aliphatic carbocycles. The number of rotatable bonds is 7. The Kier molecular flexibility index (Phi) is 5.71. The molecule has 2 rings (SSSR count). The highest BCUT2D eigenvalue weighted by molar-refractivity contribution is 5.39. The number of aryl methyl sites for hydroxylation is 1. The van der Waals surface area contributed by atoms with E-state index in [2.05, 4.69) is 37.4 Å². The Morgan fingerprint density at radius 3 is 2.95 bits per heavy atom. The quantitative estimate of drug-likeness (QED) is 0.792. The van der Waals surface area contributed by atoms with Gasteiger partial charge in [-0.3, -0.25) is 0 Å². The van der Waals surface area contributed by atoms with Gasteiger partial charge in [0, 0.05) is 6.04 Å². The van der Waals surface area contributed by atoms with E-state index in [-0.39, 0.29) is 0 Å². The molecule has 1 unspecified atom stereocenters. The Hall–Kier alpha value is -1.02. The summed E-state index contributed by atoms with van der Waals surface area (Å²) in [5.41, 5.74) is 2.83. The van der Waals surface area contributed by atoms with Crippen LogP contribution in [0.2, 0.25) is 0 Å². The minimum absolute atomic E-state index is 0.507. The van der Waals surface area contributed by atoms with Gasteiger partial charge < -0.3 is 10.1 Å². The van der Waals surface area contributed by atoms with Gasteiger partial charge in [-0.1, -0.05) is 38.8 Å². The van der Waals surface area contributed by atoms with Gasteiger partial charge in [0.15, 0.2) is 0 Å². The van der Waals surface area contributed by atoms with Crippen LogP contribution in [0.25, 0.3) is 0 Å². The lowest BCUT2D eigenvalue weighted by molar-refractivity contribution is 0.288. The summed E-state index contributed by atoms with van der Waals surface area (Å²) in [6.07, 6.45) is 7.29. The molecule has 0 saturated heterocycles. The van der Waals surface area contributed by atoms with Crippen molar-refractivity contribution in [2.45, 2.75) is 58.4 Å². The van der Waals surface area contributed by atoms with Crippen molar-refractivity contribution >= 4 is 0 Å². The molecule has 1 aliphatic heterocycles. The van der Waals surface area contributed by atoms with Crippen LogP contribution in [0.15, 0.2) is 18.2 Å². The van der Waals surface area contributed by atoms with Crippen molar-refractivity contribution in [3.8, 4) is 5.75 Å². The van der Waals surface area contributed by atoms with Crippen LogP contribution in [0.3, 0.4) is 0 Å². The van der Waals surface area contributed by atoms with Crippen LogP contribution < -0.4 is 10.1 Å². The summed E-state index contributed by atoms with van der Waals surface area (Å²) >= 11 is 0. The first kappa shape index (κ1) is 14.4. The fourth-order valence-electron chi connectivity index (χ4n) is 2.71. The lowest BCUT2D eigenvalue weighted by Gasteiger charge is -2.22. The van der Waals surface area contributed by atoms with Crippen molar-refractivity contribution in [2.24, 2.45) is 0 Å². The van der Waals surface area contributed by atoms with Crippen LogP contribution in [-0.4, -0.2) is 13.2 Å². The number of hydrogen-bond acceptors (Lipinski definition) is 2. The minimum atomic E-state index is 0.507. The largest absolute Gasteiger partial charge is 0.493 e. The summed E-state index contributed by atoms with van der Waals surface area (Å²) in [7, 11) is 0. The number of unbranched alkanes of at least 4 members (excludes halogenated alkanes) is 1. The van der Waals surface area contributed by atoms with E-state index in [0.717, 1.165) is 31.7 Å². The number of ether oxygens (including phenoxy) is 1. The van der Waals surface area contributed by atoms with E-state index in [1.54, 1.807) is 0 Å². The average molecular weight is 261 g/mol. The van der Waals surface area contributed by atoms with Crippen molar-refractivity contribution in [1.82, 2.24) is 5.32 Å². The smallest absolute Gasteiger partial charge is 0.122 e. The molecule has 1 aliphatic rings. The molecule has 1 N–H and O–H groups in total. The van der Waals surface area contributed by atoms with Crippen LogP contribution >= 0.6 is 0 Å². The lowest BCUT2D eigenvalue weighted by atomic mass is 9.96. The third-order valence-electron chi connectivity index (χ3n) is 3.82. The number of fused-ring (bicyclic) bond motifs is 1. The van der Waals surface area contributed by atoms with Crippen LogP contribution in [0.4, 0.5) is 0 Å². The predicted octanol–water partition coefficient (Wildman–Crippen LogP) is 4.24. The molecule has 0 bridgehead atoms. The molecule has 2 heteroatoms. The monoisotopic (exact) mass is 261 g/mol. The molecule has 19 heavy (non-hydrogen) atoms. The fourth-order valence-corrected chi connectivity index (χ4v) is 2.71. The Labute approximate surface area is 117 Å². The molecule has 0 fully saturated rings. The van der Waals surface area contributed by atoms with Crippen molar-refractivity contribution < 1.29 is 4.74 Å². The summed E-state index contributed by atoms with van der Waals surface area (Å²) in [6, 6.07) is 7.27. The Bertz CT molecular complexity index is 381. The molecule has 0 radical (unpaired) electrons. The zero-order valence-corrected chi connectivity index (χ0v) is 12.4. The molecule has 0 spiro atoms. The minimum Gasteiger partial charge on any atom is -0.493 e. The van der Waals surface area contributed by atoms with E-state index in [9.17, 15) is 0 Å². The van der Waals surface area contributed by atoms with Gasteiger partial charge >= 0.3 is 0 Å². The fraction of sp³-hybridized carbons (Fsp3) is 0.647. The normalized spacial score (nSPS) is 15.7. The van der Waals surface area contributed by atoms with Crippen molar-refractivity contribution in [2.75, 3.05) is 13.2 Å². The molecule has 0 amide bonds. The summed E-state index contributed by atoms with van der Waals surface area (Å²) in [6.45, 7) is 6.46. The Morgan fingerprint density at radius 1 is 1.26 bits per heavy atom. The van der Waals surface area contributed by atoms with Crippen LogP contribution in [0, 0.1) is 0 Å². The van der Waals surface area contributed by atoms with Gasteiger partial charge in [0.2, 0.25) is 0 Å². The van der Waals surface area contributed by atoms with Gasteiger partial charge in [0.25, 0.3) is 0 Å². The first-order valence-electron chi connectivity index (χ1n) is 7.84. The van der Waals surface area contributed by atoms with E-state index < -0.39 is 0 Å². The Balaban J connectivity index is 2.10. The van der Waals surface area contributed by atoms with Gasteiger partial charge in [-0.2, -0.15) is 0 Å². The maximum atomic E-state index is 5.70.